The molecule has 0 bridgehead atoms. The van der Waals surface area contributed by atoms with E-state index in [1.807, 2.05) is 0 Å². The van der Waals surface area contributed by atoms with Crippen molar-refractivity contribution in [1.29, 1.82) is 0 Å². The summed E-state index contributed by atoms with van der Waals surface area (Å²) >= 11 is 0. The summed E-state index contributed by atoms with van der Waals surface area (Å²) in [4.78, 5) is 0. The summed E-state index contributed by atoms with van der Waals surface area (Å²) in [6.45, 7) is 9.81. The van der Waals surface area contributed by atoms with Crippen LogP contribution in [0.15, 0.2) is 13.2 Å². The van der Waals surface area contributed by atoms with Crippen LogP contribution in [0, 0.1) is 5.92 Å². The molecule has 0 aromatic rings. The second kappa shape index (κ2) is 9.22. The number of rotatable bonds is 4. The van der Waals surface area contributed by atoms with E-state index < -0.39 is 0 Å². The zero-order chi connectivity index (χ0) is 10.8. The topological polar surface area (TPSA) is 18.5 Å². The van der Waals surface area contributed by atoms with Gasteiger partial charge in [-0.3, -0.25) is 0 Å². The van der Waals surface area contributed by atoms with Crippen molar-refractivity contribution >= 4 is 0 Å². The minimum atomic E-state index is 0.511. The zero-order valence-corrected chi connectivity index (χ0v) is 9.63. The quantitative estimate of drug-likeness (QED) is 0.513. The Kier molecular flexibility index (Phi) is 9.00. The van der Waals surface area contributed by atoms with Crippen molar-refractivity contribution < 1.29 is 9.47 Å². The highest BCUT2D eigenvalue weighted by Gasteiger charge is 2.17. The summed E-state index contributed by atoms with van der Waals surface area (Å²) in [6.07, 6.45) is 5.65. The summed E-state index contributed by atoms with van der Waals surface area (Å²) in [5.41, 5.74) is 0. The molecule has 0 N–H and O–H groups in total. The molecule has 2 nitrogen and oxygen atoms in total. The first-order valence-corrected chi connectivity index (χ1v) is 5.43. The van der Waals surface area contributed by atoms with Gasteiger partial charge in [-0.15, -0.1) is 13.2 Å². The van der Waals surface area contributed by atoms with E-state index in [4.69, 9.17) is 9.47 Å². The van der Waals surface area contributed by atoms with Crippen LogP contribution in [-0.4, -0.2) is 26.4 Å². The van der Waals surface area contributed by atoms with Gasteiger partial charge in [0, 0.05) is 7.11 Å². The second-order valence-electron chi connectivity index (χ2n) is 3.75. The van der Waals surface area contributed by atoms with Gasteiger partial charge in [0.1, 0.15) is 0 Å². The molecular weight excluding hydrogens is 176 g/mol. The van der Waals surface area contributed by atoms with Crippen molar-refractivity contribution in [2.24, 2.45) is 5.92 Å². The average molecular weight is 200 g/mol. The van der Waals surface area contributed by atoms with Crippen molar-refractivity contribution in [3.63, 3.8) is 0 Å². The van der Waals surface area contributed by atoms with E-state index >= 15 is 0 Å². The fourth-order valence-electron chi connectivity index (χ4n) is 1.69. The van der Waals surface area contributed by atoms with Crippen LogP contribution in [0.3, 0.4) is 0 Å². The minimum Gasteiger partial charge on any atom is -0.382 e. The SMILES string of the molecule is C=C.COCCOC1CCC(C)CC1. The molecular formula is C12H24O2. The largest absolute Gasteiger partial charge is 0.382 e. The van der Waals surface area contributed by atoms with Gasteiger partial charge in [0.2, 0.25) is 0 Å². The van der Waals surface area contributed by atoms with Crippen LogP contribution in [0.5, 0.6) is 0 Å². The van der Waals surface area contributed by atoms with Gasteiger partial charge in [0.15, 0.2) is 0 Å². The van der Waals surface area contributed by atoms with Gasteiger partial charge in [-0.1, -0.05) is 6.92 Å². The fourth-order valence-corrected chi connectivity index (χ4v) is 1.69. The molecule has 84 valence electrons. The lowest BCUT2D eigenvalue weighted by Crippen LogP contribution is -2.21. The number of hydrogen-bond acceptors (Lipinski definition) is 2. The maximum atomic E-state index is 5.65. The van der Waals surface area contributed by atoms with Crippen LogP contribution in [0.2, 0.25) is 0 Å². The van der Waals surface area contributed by atoms with Crippen LogP contribution in [0.1, 0.15) is 32.6 Å². The molecule has 0 aromatic carbocycles. The predicted octanol–water partition coefficient (Wildman–Crippen LogP) is 3.03. The molecule has 0 atom stereocenters. The molecule has 1 rings (SSSR count). The van der Waals surface area contributed by atoms with Crippen molar-refractivity contribution in [1.82, 2.24) is 0 Å². The monoisotopic (exact) mass is 200 g/mol. The Hall–Kier alpha value is -0.340. The summed E-state index contributed by atoms with van der Waals surface area (Å²) in [5.74, 6) is 0.910. The van der Waals surface area contributed by atoms with Gasteiger partial charge < -0.3 is 9.47 Å². The number of ether oxygens (including phenoxy) is 2. The van der Waals surface area contributed by atoms with E-state index in [9.17, 15) is 0 Å². The van der Waals surface area contributed by atoms with Crippen LogP contribution in [-0.2, 0) is 9.47 Å². The third kappa shape index (κ3) is 6.17. The Morgan fingerprint density at radius 3 is 2.14 bits per heavy atom. The molecule has 1 aliphatic carbocycles. The molecule has 0 unspecified atom stereocenters. The number of methoxy groups -OCH3 is 1. The average Bonchev–Trinajstić information content (AvgIpc) is 2.24. The molecule has 1 aliphatic rings. The van der Waals surface area contributed by atoms with Gasteiger partial charge >= 0.3 is 0 Å². The Morgan fingerprint density at radius 2 is 1.64 bits per heavy atom. The van der Waals surface area contributed by atoms with Crippen molar-refractivity contribution in [3.8, 4) is 0 Å². The van der Waals surface area contributed by atoms with E-state index in [1.165, 1.54) is 25.7 Å². The fraction of sp³-hybridized carbons (Fsp3) is 0.833. The third-order valence-electron chi connectivity index (χ3n) is 2.60. The van der Waals surface area contributed by atoms with Gasteiger partial charge in [0.25, 0.3) is 0 Å². The van der Waals surface area contributed by atoms with Crippen molar-refractivity contribution in [2.75, 3.05) is 20.3 Å². The van der Waals surface area contributed by atoms with Gasteiger partial charge in [-0.05, 0) is 31.6 Å². The maximum Gasteiger partial charge on any atom is 0.0704 e. The summed E-state index contributed by atoms with van der Waals surface area (Å²) in [7, 11) is 1.71. The molecule has 1 saturated carbocycles. The van der Waals surface area contributed by atoms with E-state index in [-0.39, 0.29) is 0 Å². The Morgan fingerprint density at radius 1 is 1.07 bits per heavy atom. The first-order valence-electron chi connectivity index (χ1n) is 5.43. The molecule has 2 heteroatoms. The van der Waals surface area contributed by atoms with E-state index in [2.05, 4.69) is 20.1 Å². The van der Waals surface area contributed by atoms with E-state index in [0.717, 1.165) is 19.1 Å². The lowest BCUT2D eigenvalue weighted by Gasteiger charge is -2.26. The molecule has 0 aliphatic heterocycles. The highest BCUT2D eigenvalue weighted by atomic mass is 16.5. The molecule has 0 spiro atoms. The van der Waals surface area contributed by atoms with Gasteiger partial charge in [-0.25, -0.2) is 0 Å². The third-order valence-corrected chi connectivity index (χ3v) is 2.60. The highest BCUT2D eigenvalue weighted by molar-refractivity contribution is 4.69. The van der Waals surface area contributed by atoms with Crippen molar-refractivity contribution in [3.05, 3.63) is 13.2 Å². The second-order valence-corrected chi connectivity index (χ2v) is 3.75. The lowest BCUT2D eigenvalue weighted by molar-refractivity contribution is -0.00623. The van der Waals surface area contributed by atoms with Gasteiger partial charge in [0.05, 0.1) is 19.3 Å². The highest BCUT2D eigenvalue weighted by Crippen LogP contribution is 2.25. The van der Waals surface area contributed by atoms with Crippen LogP contribution in [0.4, 0.5) is 0 Å². The summed E-state index contributed by atoms with van der Waals surface area (Å²) in [6, 6.07) is 0. The van der Waals surface area contributed by atoms with Crippen LogP contribution in [0.25, 0.3) is 0 Å². The standard InChI is InChI=1S/C10H20O2.C2H4/c1-9-3-5-10(6-4-9)12-8-7-11-2;1-2/h9-10H,3-8H2,1-2H3;1-2H2. The molecule has 0 amide bonds. The summed E-state index contributed by atoms with van der Waals surface area (Å²) < 4.78 is 10.6. The van der Waals surface area contributed by atoms with E-state index in [1.54, 1.807) is 7.11 Å². The van der Waals surface area contributed by atoms with Gasteiger partial charge in [-0.2, -0.15) is 0 Å². The Bertz CT molecular complexity index is 117. The summed E-state index contributed by atoms with van der Waals surface area (Å²) in [5, 5.41) is 0. The Labute approximate surface area is 88.3 Å². The zero-order valence-electron chi connectivity index (χ0n) is 9.63. The molecule has 0 aromatic heterocycles. The molecule has 0 saturated heterocycles. The normalized spacial score (nSPS) is 26.4. The predicted molar refractivity (Wildman–Crippen MR) is 60.5 cm³/mol. The van der Waals surface area contributed by atoms with Crippen LogP contribution >= 0.6 is 0 Å². The Balaban J connectivity index is 0.000000791. The smallest absolute Gasteiger partial charge is 0.0704 e. The molecule has 1 fully saturated rings. The first-order chi connectivity index (χ1) is 6.83. The number of hydrogen-bond donors (Lipinski definition) is 0. The minimum absolute atomic E-state index is 0.511. The first kappa shape index (κ1) is 13.7. The maximum absolute atomic E-state index is 5.65. The molecule has 0 radical (unpaired) electrons. The van der Waals surface area contributed by atoms with Crippen LogP contribution < -0.4 is 0 Å². The molecule has 0 heterocycles. The lowest BCUT2D eigenvalue weighted by atomic mass is 9.89. The van der Waals surface area contributed by atoms with Crippen molar-refractivity contribution in [2.45, 2.75) is 38.7 Å². The van der Waals surface area contributed by atoms with E-state index in [0.29, 0.717) is 6.10 Å². The molecule has 14 heavy (non-hydrogen) atoms.